The summed E-state index contributed by atoms with van der Waals surface area (Å²) in [6, 6.07) is 5.81. The number of phenols is 4. The summed E-state index contributed by atoms with van der Waals surface area (Å²) in [6.07, 6.45) is 0. The zero-order valence-corrected chi connectivity index (χ0v) is 15.8. The summed E-state index contributed by atoms with van der Waals surface area (Å²) in [6.45, 7) is 1.70. The van der Waals surface area contributed by atoms with E-state index >= 15 is 0 Å². The van der Waals surface area contributed by atoms with E-state index in [0.717, 1.165) is 6.07 Å². The molecule has 0 amide bonds. The maximum atomic E-state index is 13.4. The molecular formula is C23H12O8. The molecule has 0 radical (unpaired) electrons. The van der Waals surface area contributed by atoms with Crippen molar-refractivity contribution in [1.29, 1.82) is 0 Å². The summed E-state index contributed by atoms with van der Waals surface area (Å²) in [5, 5.41) is 39.7. The minimum atomic E-state index is -1.06. The van der Waals surface area contributed by atoms with Gasteiger partial charge < -0.3 is 20.4 Å². The summed E-state index contributed by atoms with van der Waals surface area (Å²) in [4.78, 5) is 50.8. The molecule has 5 aromatic carbocycles. The molecule has 0 fully saturated rings. The topological polar surface area (TPSA) is 149 Å². The van der Waals surface area contributed by atoms with Crippen LogP contribution in [0.1, 0.15) is 5.56 Å². The van der Waals surface area contributed by atoms with Gasteiger partial charge in [0.15, 0.2) is 5.43 Å². The summed E-state index contributed by atoms with van der Waals surface area (Å²) in [7, 11) is 0. The summed E-state index contributed by atoms with van der Waals surface area (Å²) >= 11 is 0. The number of aryl methyl sites for hydroxylation is 1. The van der Waals surface area contributed by atoms with Crippen molar-refractivity contribution in [2.45, 2.75) is 6.92 Å². The second-order valence-electron chi connectivity index (χ2n) is 7.48. The third kappa shape index (κ3) is 2.24. The van der Waals surface area contributed by atoms with Crippen molar-refractivity contribution in [2.75, 3.05) is 0 Å². The van der Waals surface area contributed by atoms with Crippen LogP contribution in [0.25, 0.3) is 43.1 Å². The number of fused-ring (bicyclic) bond motifs is 5. The fourth-order valence-electron chi connectivity index (χ4n) is 4.28. The highest BCUT2D eigenvalue weighted by Gasteiger charge is 2.24. The first-order valence-electron chi connectivity index (χ1n) is 9.10. The lowest BCUT2D eigenvalue weighted by atomic mass is 9.93. The second-order valence-corrected chi connectivity index (χ2v) is 7.48. The first kappa shape index (κ1) is 18.6. The lowest BCUT2D eigenvalue weighted by Gasteiger charge is -2.11. The molecule has 0 heterocycles. The van der Waals surface area contributed by atoms with E-state index in [1.165, 1.54) is 12.1 Å². The van der Waals surface area contributed by atoms with E-state index in [0.29, 0.717) is 17.0 Å². The molecular weight excluding hydrogens is 404 g/mol. The molecule has 0 aliphatic rings. The maximum Gasteiger partial charge on any atom is 0.233 e. The van der Waals surface area contributed by atoms with E-state index in [4.69, 9.17) is 0 Å². The Labute approximate surface area is 170 Å². The predicted octanol–water partition coefficient (Wildman–Crippen LogP) is 1.75. The average molecular weight is 416 g/mol. The van der Waals surface area contributed by atoms with Gasteiger partial charge in [-0.25, -0.2) is 0 Å². The molecule has 0 aliphatic heterocycles. The fourth-order valence-corrected chi connectivity index (χ4v) is 4.28. The van der Waals surface area contributed by atoms with Gasteiger partial charge >= 0.3 is 0 Å². The smallest absolute Gasteiger partial charge is 0.233 e. The van der Waals surface area contributed by atoms with Crippen LogP contribution < -0.4 is 21.7 Å². The third-order valence-corrected chi connectivity index (χ3v) is 5.56. The second kappa shape index (κ2) is 5.79. The van der Waals surface area contributed by atoms with Crippen LogP contribution >= 0.6 is 0 Å². The number of benzene rings is 5. The lowest BCUT2D eigenvalue weighted by Crippen LogP contribution is -2.23. The normalized spacial score (nSPS) is 11.8. The van der Waals surface area contributed by atoms with Crippen molar-refractivity contribution in [2.24, 2.45) is 0 Å². The molecule has 5 rings (SSSR count). The number of rotatable bonds is 0. The first-order chi connectivity index (χ1) is 14.6. The Morgan fingerprint density at radius 3 is 1.87 bits per heavy atom. The van der Waals surface area contributed by atoms with Crippen LogP contribution in [0.5, 0.6) is 23.0 Å². The Morgan fingerprint density at radius 2 is 1.16 bits per heavy atom. The summed E-state index contributed by atoms with van der Waals surface area (Å²) < 4.78 is 0. The molecule has 0 spiro atoms. The molecule has 152 valence electrons. The van der Waals surface area contributed by atoms with Gasteiger partial charge in [0.05, 0.1) is 16.2 Å². The Morgan fingerprint density at radius 1 is 0.548 bits per heavy atom. The van der Waals surface area contributed by atoms with Gasteiger partial charge in [-0.3, -0.25) is 19.2 Å². The van der Waals surface area contributed by atoms with E-state index in [2.05, 4.69) is 0 Å². The van der Waals surface area contributed by atoms with Gasteiger partial charge in [0.25, 0.3) is 0 Å². The molecule has 8 nitrogen and oxygen atoms in total. The van der Waals surface area contributed by atoms with Crippen molar-refractivity contribution in [3.05, 3.63) is 76.8 Å². The van der Waals surface area contributed by atoms with E-state index in [-0.39, 0.29) is 21.9 Å². The van der Waals surface area contributed by atoms with Gasteiger partial charge in [-0.1, -0.05) is 6.07 Å². The van der Waals surface area contributed by atoms with Crippen LogP contribution in [-0.4, -0.2) is 20.4 Å². The molecule has 0 aromatic heterocycles. The number of aromatic hydroxyl groups is 4. The van der Waals surface area contributed by atoms with E-state index in [1.807, 2.05) is 0 Å². The Bertz CT molecular complexity index is 1860. The summed E-state index contributed by atoms with van der Waals surface area (Å²) in [5.41, 5.74) is -3.22. The Balaban J connectivity index is 2.22. The third-order valence-electron chi connectivity index (χ3n) is 5.56. The molecule has 31 heavy (non-hydrogen) atoms. The number of hydrogen-bond donors (Lipinski definition) is 4. The fraction of sp³-hybridized carbons (Fsp3) is 0.0435. The van der Waals surface area contributed by atoms with Gasteiger partial charge in [0, 0.05) is 27.6 Å². The molecule has 0 aliphatic carbocycles. The molecule has 4 N–H and O–H groups in total. The minimum Gasteiger partial charge on any atom is -0.507 e. The molecule has 5 aromatic rings. The van der Waals surface area contributed by atoms with Crippen molar-refractivity contribution in [3.63, 3.8) is 0 Å². The molecule has 0 saturated carbocycles. The zero-order valence-electron chi connectivity index (χ0n) is 15.8. The molecule has 8 heteroatoms. The highest BCUT2D eigenvalue weighted by Crippen LogP contribution is 2.39. The maximum absolute atomic E-state index is 13.4. The van der Waals surface area contributed by atoms with E-state index < -0.39 is 60.5 Å². The lowest BCUT2D eigenvalue weighted by molar-refractivity contribution is 0.466. The number of phenolic OH excluding ortho intramolecular Hbond substituents is 4. The molecule has 0 atom stereocenters. The summed E-state index contributed by atoms with van der Waals surface area (Å²) in [5.74, 6) is -2.38. The van der Waals surface area contributed by atoms with Crippen molar-refractivity contribution in [1.82, 2.24) is 0 Å². The zero-order chi connectivity index (χ0) is 22.4. The predicted molar refractivity (Wildman–Crippen MR) is 115 cm³/mol. The van der Waals surface area contributed by atoms with Gasteiger partial charge in [0.1, 0.15) is 23.0 Å². The Kier molecular flexibility index (Phi) is 3.47. The van der Waals surface area contributed by atoms with Crippen molar-refractivity contribution >= 4 is 43.1 Å². The van der Waals surface area contributed by atoms with Crippen LogP contribution in [0.15, 0.2) is 49.5 Å². The molecule has 0 bridgehead atoms. The van der Waals surface area contributed by atoms with E-state index in [1.54, 1.807) is 13.0 Å². The minimum absolute atomic E-state index is 0.0322. The highest BCUT2D eigenvalue weighted by atomic mass is 16.3. The first-order valence-corrected chi connectivity index (χ1v) is 9.10. The average Bonchev–Trinajstić information content (AvgIpc) is 2.68. The van der Waals surface area contributed by atoms with Crippen LogP contribution in [0.4, 0.5) is 0 Å². The highest BCUT2D eigenvalue weighted by molar-refractivity contribution is 6.19. The van der Waals surface area contributed by atoms with E-state index in [9.17, 15) is 39.6 Å². The van der Waals surface area contributed by atoms with Crippen LogP contribution in [0, 0.1) is 6.92 Å². The van der Waals surface area contributed by atoms with Gasteiger partial charge in [-0.15, -0.1) is 0 Å². The van der Waals surface area contributed by atoms with Crippen LogP contribution in [-0.2, 0) is 0 Å². The number of hydrogen-bond acceptors (Lipinski definition) is 8. The SMILES string of the molecule is Cc1cc(O)c2c(c1)cc(O)c1c(=O)c3c(O)c4c(O)cc(=O)c(=O)c4cc3c(=O)c12. The quantitative estimate of drug-likeness (QED) is 0.169. The monoisotopic (exact) mass is 416 g/mol. The van der Waals surface area contributed by atoms with Crippen molar-refractivity contribution in [3.8, 4) is 23.0 Å². The molecule has 0 saturated heterocycles. The Hall–Kier alpha value is -4.46. The van der Waals surface area contributed by atoms with Crippen molar-refractivity contribution < 1.29 is 20.4 Å². The largest absolute Gasteiger partial charge is 0.507 e. The van der Waals surface area contributed by atoms with Crippen LogP contribution in [0.3, 0.4) is 0 Å². The standard InChI is InChI=1S/C23H12O8/c1-7-2-8-4-12(25)18-19(15(8)11(24)3-7)21(29)10-5-9-16(22(30)17(10)23(18)31)13(26)6-14(27)20(9)28/h2-6,24-26,30H,1H3. The van der Waals surface area contributed by atoms with Gasteiger partial charge in [-0.05, 0) is 36.1 Å². The van der Waals surface area contributed by atoms with Crippen LogP contribution in [0.2, 0.25) is 0 Å². The van der Waals surface area contributed by atoms with Gasteiger partial charge in [0.2, 0.25) is 16.3 Å². The van der Waals surface area contributed by atoms with Gasteiger partial charge in [-0.2, -0.15) is 0 Å². The molecule has 0 unspecified atom stereocenters.